The number of esters is 1. The number of hydrogen-bond donors (Lipinski definition) is 0. The highest BCUT2D eigenvalue weighted by atomic mass is 16.5. The molecule has 0 radical (unpaired) electrons. The number of rotatable bonds is 4. The van der Waals surface area contributed by atoms with Crippen LogP contribution in [0.5, 0.6) is 0 Å². The Morgan fingerprint density at radius 3 is 2.68 bits per heavy atom. The third kappa shape index (κ3) is 3.72. The smallest absolute Gasteiger partial charge is 0.316 e. The first-order valence-corrected chi connectivity index (χ1v) is 7.45. The van der Waals surface area contributed by atoms with Gasteiger partial charge in [-0.25, -0.2) is 0 Å². The minimum absolute atomic E-state index is 0.00632. The second kappa shape index (κ2) is 7.20. The fraction of sp³-hybridized carbons (Fsp3) is 0.471. The molecule has 22 heavy (non-hydrogen) atoms. The Hall–Kier alpha value is -2.17. The van der Waals surface area contributed by atoms with Gasteiger partial charge in [0.05, 0.1) is 13.7 Å². The van der Waals surface area contributed by atoms with Crippen molar-refractivity contribution in [2.24, 2.45) is 5.92 Å². The Morgan fingerprint density at radius 1 is 1.32 bits per heavy atom. The van der Waals surface area contributed by atoms with Gasteiger partial charge in [0.25, 0.3) is 0 Å². The number of likely N-dealkylation sites (tertiary alicyclic amines) is 1. The Labute approximate surface area is 130 Å². The number of benzene rings is 1. The van der Waals surface area contributed by atoms with E-state index in [4.69, 9.17) is 0 Å². The number of piperidine rings is 1. The zero-order chi connectivity index (χ0) is 16.1. The third-order valence-electron chi connectivity index (χ3n) is 4.13. The molecule has 5 heteroatoms. The summed E-state index contributed by atoms with van der Waals surface area (Å²) in [5.74, 6) is -1.50. The van der Waals surface area contributed by atoms with E-state index in [2.05, 4.69) is 4.74 Å². The Bertz CT molecular complexity index is 582. The maximum absolute atomic E-state index is 12.2. The molecule has 1 aromatic carbocycles. The highest BCUT2D eigenvalue weighted by Crippen LogP contribution is 2.17. The van der Waals surface area contributed by atoms with Gasteiger partial charge in [0.2, 0.25) is 5.91 Å². The molecule has 0 aliphatic carbocycles. The van der Waals surface area contributed by atoms with Gasteiger partial charge < -0.3 is 9.64 Å². The van der Waals surface area contributed by atoms with Crippen molar-refractivity contribution < 1.29 is 19.1 Å². The number of ether oxygens (including phenoxy) is 1. The van der Waals surface area contributed by atoms with Crippen molar-refractivity contribution in [1.29, 1.82) is 0 Å². The van der Waals surface area contributed by atoms with E-state index in [0.29, 0.717) is 25.8 Å². The molecule has 1 aliphatic rings. The quantitative estimate of drug-likeness (QED) is 0.625. The molecule has 0 saturated carbocycles. The van der Waals surface area contributed by atoms with Crippen LogP contribution in [0.15, 0.2) is 24.3 Å². The number of ketones is 1. The number of hydrogen-bond acceptors (Lipinski definition) is 4. The molecule has 1 unspecified atom stereocenters. The van der Waals surface area contributed by atoms with Gasteiger partial charge in [-0.1, -0.05) is 24.3 Å². The van der Waals surface area contributed by atoms with E-state index in [9.17, 15) is 14.4 Å². The van der Waals surface area contributed by atoms with Crippen molar-refractivity contribution in [1.82, 2.24) is 4.90 Å². The Kier molecular flexibility index (Phi) is 5.31. The summed E-state index contributed by atoms with van der Waals surface area (Å²) in [6.45, 7) is 2.45. The Morgan fingerprint density at radius 2 is 2.05 bits per heavy atom. The predicted molar refractivity (Wildman–Crippen MR) is 81.2 cm³/mol. The normalized spacial score (nSPS) is 18.2. The highest BCUT2D eigenvalue weighted by Gasteiger charge is 2.34. The van der Waals surface area contributed by atoms with Gasteiger partial charge in [0, 0.05) is 13.0 Å². The number of amides is 1. The van der Waals surface area contributed by atoms with E-state index in [-0.39, 0.29) is 18.2 Å². The molecular weight excluding hydrogens is 282 g/mol. The number of carbonyl (C=O) groups excluding carboxylic acids is 3. The van der Waals surface area contributed by atoms with Crippen molar-refractivity contribution in [2.75, 3.05) is 20.2 Å². The monoisotopic (exact) mass is 303 g/mol. The van der Waals surface area contributed by atoms with Crippen LogP contribution in [-0.2, 0) is 25.5 Å². The first kappa shape index (κ1) is 16.2. The SMILES string of the molecule is COC(=O)C1CCN(C(=O)CCc2ccccc2C)CC1=O. The number of carbonyl (C=O) groups is 3. The molecule has 5 nitrogen and oxygen atoms in total. The minimum atomic E-state index is -0.717. The Balaban J connectivity index is 1.88. The minimum Gasteiger partial charge on any atom is -0.468 e. The fourth-order valence-electron chi connectivity index (χ4n) is 2.72. The second-order valence-electron chi connectivity index (χ2n) is 5.57. The average Bonchev–Trinajstić information content (AvgIpc) is 2.53. The largest absolute Gasteiger partial charge is 0.468 e. The highest BCUT2D eigenvalue weighted by molar-refractivity contribution is 6.01. The molecule has 1 amide bonds. The number of methoxy groups -OCH3 is 1. The van der Waals surface area contributed by atoms with Crippen LogP contribution in [0.2, 0.25) is 0 Å². The lowest BCUT2D eigenvalue weighted by atomic mass is 9.95. The summed E-state index contributed by atoms with van der Waals surface area (Å²) in [5.41, 5.74) is 2.31. The molecule has 1 aliphatic heterocycles. The summed E-state index contributed by atoms with van der Waals surface area (Å²) in [4.78, 5) is 37.2. The maximum atomic E-state index is 12.2. The topological polar surface area (TPSA) is 63.7 Å². The molecule has 0 spiro atoms. The number of nitrogens with zero attached hydrogens (tertiary/aromatic N) is 1. The predicted octanol–water partition coefficient (Wildman–Crippen LogP) is 1.52. The molecular formula is C17H21NO4. The average molecular weight is 303 g/mol. The van der Waals surface area contributed by atoms with Crippen molar-refractivity contribution in [3.63, 3.8) is 0 Å². The summed E-state index contributed by atoms with van der Waals surface area (Å²) in [5, 5.41) is 0. The van der Waals surface area contributed by atoms with Crippen molar-refractivity contribution >= 4 is 17.7 Å². The number of aryl methyl sites for hydroxylation is 2. The summed E-state index contributed by atoms with van der Waals surface area (Å²) in [7, 11) is 1.27. The summed E-state index contributed by atoms with van der Waals surface area (Å²) >= 11 is 0. The standard InChI is InChI=1S/C17H21NO4/c1-12-5-3-4-6-13(12)7-8-16(20)18-10-9-14(15(19)11-18)17(21)22-2/h3-6,14H,7-11H2,1-2H3. The lowest BCUT2D eigenvalue weighted by Crippen LogP contribution is -2.46. The molecule has 118 valence electrons. The van der Waals surface area contributed by atoms with Crippen LogP contribution in [-0.4, -0.2) is 42.8 Å². The van der Waals surface area contributed by atoms with Gasteiger partial charge in [-0.05, 0) is 30.9 Å². The summed E-state index contributed by atoms with van der Waals surface area (Å²) in [6, 6.07) is 7.96. The second-order valence-corrected chi connectivity index (χ2v) is 5.57. The van der Waals surface area contributed by atoms with Gasteiger partial charge in [-0.2, -0.15) is 0 Å². The van der Waals surface area contributed by atoms with E-state index in [0.717, 1.165) is 11.1 Å². The van der Waals surface area contributed by atoms with E-state index < -0.39 is 11.9 Å². The summed E-state index contributed by atoms with van der Waals surface area (Å²) in [6.07, 6.45) is 1.39. The summed E-state index contributed by atoms with van der Waals surface area (Å²) < 4.78 is 4.61. The molecule has 1 saturated heterocycles. The van der Waals surface area contributed by atoms with Gasteiger partial charge in [0.15, 0.2) is 5.78 Å². The fourth-order valence-corrected chi connectivity index (χ4v) is 2.72. The van der Waals surface area contributed by atoms with Crippen LogP contribution in [0.4, 0.5) is 0 Å². The van der Waals surface area contributed by atoms with E-state index >= 15 is 0 Å². The van der Waals surface area contributed by atoms with Gasteiger partial charge in [-0.15, -0.1) is 0 Å². The van der Waals surface area contributed by atoms with Crippen LogP contribution >= 0.6 is 0 Å². The van der Waals surface area contributed by atoms with Crippen LogP contribution in [0.3, 0.4) is 0 Å². The zero-order valence-electron chi connectivity index (χ0n) is 13.0. The van der Waals surface area contributed by atoms with Crippen molar-refractivity contribution in [3.05, 3.63) is 35.4 Å². The van der Waals surface area contributed by atoms with E-state index in [1.807, 2.05) is 31.2 Å². The van der Waals surface area contributed by atoms with Gasteiger partial charge in [0.1, 0.15) is 5.92 Å². The van der Waals surface area contributed by atoms with Crippen LogP contribution < -0.4 is 0 Å². The molecule has 1 aromatic rings. The van der Waals surface area contributed by atoms with Crippen LogP contribution in [0.25, 0.3) is 0 Å². The number of Topliss-reactive ketones (excluding diaryl/α,β-unsaturated/α-hetero) is 1. The molecule has 1 fully saturated rings. The molecule has 1 heterocycles. The zero-order valence-corrected chi connectivity index (χ0v) is 13.0. The molecule has 0 aromatic heterocycles. The van der Waals surface area contributed by atoms with Crippen molar-refractivity contribution in [2.45, 2.75) is 26.2 Å². The van der Waals surface area contributed by atoms with E-state index in [1.165, 1.54) is 7.11 Å². The first-order chi connectivity index (χ1) is 10.5. The molecule has 2 rings (SSSR count). The first-order valence-electron chi connectivity index (χ1n) is 7.45. The lowest BCUT2D eigenvalue weighted by molar-refractivity contribution is -0.154. The van der Waals surface area contributed by atoms with Crippen LogP contribution in [0.1, 0.15) is 24.0 Å². The molecule has 1 atom stereocenters. The maximum Gasteiger partial charge on any atom is 0.316 e. The third-order valence-corrected chi connectivity index (χ3v) is 4.13. The lowest BCUT2D eigenvalue weighted by Gasteiger charge is -2.29. The molecule has 0 bridgehead atoms. The van der Waals surface area contributed by atoms with Crippen molar-refractivity contribution in [3.8, 4) is 0 Å². The van der Waals surface area contributed by atoms with Gasteiger partial charge in [-0.3, -0.25) is 14.4 Å². The van der Waals surface area contributed by atoms with E-state index in [1.54, 1.807) is 4.90 Å². The van der Waals surface area contributed by atoms with Crippen LogP contribution in [0, 0.1) is 12.8 Å². The van der Waals surface area contributed by atoms with Gasteiger partial charge >= 0.3 is 5.97 Å². The molecule has 0 N–H and O–H groups in total.